The SMILES string of the molecule is COc1ccc2c(c1)cc(C(=O)NC1CCc3cc(OC)c(OC)cc31)n2C. The number of amides is 1. The van der Waals surface area contributed by atoms with Gasteiger partial charge in [0.25, 0.3) is 5.91 Å². The van der Waals surface area contributed by atoms with Crippen LogP contribution >= 0.6 is 0 Å². The summed E-state index contributed by atoms with van der Waals surface area (Å²) in [6.07, 6.45) is 1.75. The van der Waals surface area contributed by atoms with Gasteiger partial charge in [0.15, 0.2) is 11.5 Å². The first-order valence-corrected chi connectivity index (χ1v) is 9.24. The number of aromatic nitrogens is 1. The Labute approximate surface area is 164 Å². The summed E-state index contributed by atoms with van der Waals surface area (Å²) in [6, 6.07) is 11.6. The fraction of sp³-hybridized carbons (Fsp3) is 0.318. The van der Waals surface area contributed by atoms with Crippen molar-refractivity contribution in [3.05, 3.63) is 53.2 Å². The molecule has 1 amide bonds. The molecule has 6 heteroatoms. The highest BCUT2D eigenvalue weighted by Gasteiger charge is 2.27. The predicted octanol–water partition coefficient (Wildman–Crippen LogP) is 3.62. The van der Waals surface area contributed by atoms with Crippen molar-refractivity contribution in [3.63, 3.8) is 0 Å². The van der Waals surface area contributed by atoms with E-state index in [-0.39, 0.29) is 11.9 Å². The fourth-order valence-corrected chi connectivity index (χ4v) is 3.99. The molecule has 0 saturated carbocycles. The summed E-state index contributed by atoms with van der Waals surface area (Å²) >= 11 is 0. The van der Waals surface area contributed by atoms with E-state index in [2.05, 4.69) is 5.32 Å². The molecule has 0 aliphatic heterocycles. The number of hydrogen-bond donors (Lipinski definition) is 1. The van der Waals surface area contributed by atoms with Gasteiger partial charge in [-0.3, -0.25) is 4.79 Å². The molecule has 0 bridgehead atoms. The average Bonchev–Trinajstić information content (AvgIpc) is 3.26. The third-order valence-electron chi connectivity index (χ3n) is 5.51. The van der Waals surface area contributed by atoms with Crippen LogP contribution in [0.15, 0.2) is 36.4 Å². The van der Waals surface area contributed by atoms with E-state index in [1.165, 1.54) is 5.56 Å². The largest absolute Gasteiger partial charge is 0.497 e. The van der Waals surface area contributed by atoms with Crippen molar-refractivity contribution in [3.8, 4) is 17.2 Å². The summed E-state index contributed by atoms with van der Waals surface area (Å²) in [5, 5.41) is 4.16. The monoisotopic (exact) mass is 380 g/mol. The third-order valence-corrected chi connectivity index (χ3v) is 5.51. The molecular formula is C22H24N2O4. The molecule has 0 radical (unpaired) electrons. The number of nitrogens with one attached hydrogen (secondary N) is 1. The van der Waals surface area contributed by atoms with Crippen molar-refractivity contribution in [1.82, 2.24) is 9.88 Å². The Kier molecular flexibility index (Phi) is 4.63. The lowest BCUT2D eigenvalue weighted by Gasteiger charge is -2.16. The molecule has 3 aromatic rings. The first-order chi connectivity index (χ1) is 13.5. The zero-order valence-corrected chi connectivity index (χ0v) is 16.5. The molecule has 1 aromatic heterocycles. The first-order valence-electron chi connectivity index (χ1n) is 9.24. The number of rotatable bonds is 5. The molecule has 1 unspecified atom stereocenters. The molecule has 1 atom stereocenters. The summed E-state index contributed by atoms with van der Waals surface area (Å²) in [5.74, 6) is 2.08. The Bertz CT molecular complexity index is 1050. The topological polar surface area (TPSA) is 61.7 Å². The summed E-state index contributed by atoms with van der Waals surface area (Å²) in [7, 11) is 6.79. The van der Waals surface area contributed by atoms with Crippen LogP contribution in [0.2, 0.25) is 0 Å². The van der Waals surface area contributed by atoms with E-state index in [1.54, 1.807) is 21.3 Å². The van der Waals surface area contributed by atoms with Crippen molar-refractivity contribution in [2.45, 2.75) is 18.9 Å². The lowest BCUT2D eigenvalue weighted by Crippen LogP contribution is -2.28. The Balaban J connectivity index is 1.62. The van der Waals surface area contributed by atoms with E-state index >= 15 is 0 Å². The molecule has 6 nitrogen and oxygen atoms in total. The smallest absolute Gasteiger partial charge is 0.268 e. The van der Waals surface area contributed by atoms with Crippen LogP contribution < -0.4 is 19.5 Å². The number of methoxy groups -OCH3 is 3. The maximum Gasteiger partial charge on any atom is 0.268 e. The fourth-order valence-electron chi connectivity index (χ4n) is 3.99. The number of benzene rings is 2. The highest BCUT2D eigenvalue weighted by Crippen LogP contribution is 2.39. The lowest BCUT2D eigenvalue weighted by molar-refractivity contribution is 0.0929. The van der Waals surface area contributed by atoms with Gasteiger partial charge in [0.05, 0.1) is 27.4 Å². The molecule has 1 N–H and O–H groups in total. The quantitative estimate of drug-likeness (QED) is 0.734. The van der Waals surface area contributed by atoms with Crippen molar-refractivity contribution in [1.29, 1.82) is 0 Å². The van der Waals surface area contributed by atoms with Gasteiger partial charge in [-0.25, -0.2) is 0 Å². The second-order valence-electron chi connectivity index (χ2n) is 6.98. The highest BCUT2D eigenvalue weighted by atomic mass is 16.5. The minimum atomic E-state index is -0.0923. The van der Waals surface area contributed by atoms with Crippen LogP contribution in [0.4, 0.5) is 0 Å². The van der Waals surface area contributed by atoms with Gasteiger partial charge in [-0.1, -0.05) is 0 Å². The summed E-state index contributed by atoms with van der Waals surface area (Å²) in [5.41, 5.74) is 3.89. The maximum absolute atomic E-state index is 13.0. The average molecular weight is 380 g/mol. The van der Waals surface area contributed by atoms with Gasteiger partial charge in [-0.05, 0) is 60.4 Å². The molecule has 4 rings (SSSR count). The zero-order chi connectivity index (χ0) is 19.8. The van der Waals surface area contributed by atoms with Gasteiger partial charge in [-0.2, -0.15) is 0 Å². The third kappa shape index (κ3) is 2.95. The van der Waals surface area contributed by atoms with Gasteiger partial charge >= 0.3 is 0 Å². The van der Waals surface area contributed by atoms with E-state index in [4.69, 9.17) is 14.2 Å². The van der Waals surface area contributed by atoms with Gasteiger partial charge in [0.2, 0.25) is 0 Å². The zero-order valence-electron chi connectivity index (χ0n) is 16.5. The standard InChI is InChI=1S/C22H24N2O4/c1-24-18-8-6-15(26-2)9-14(18)10-19(24)22(25)23-17-7-5-13-11-20(27-3)21(28-4)12-16(13)17/h6,8-12,17H,5,7H2,1-4H3,(H,23,25). The van der Waals surface area contributed by atoms with E-state index in [0.29, 0.717) is 11.4 Å². The number of aryl methyl sites for hydroxylation is 2. The van der Waals surface area contributed by atoms with Crippen molar-refractivity contribution in [2.75, 3.05) is 21.3 Å². The molecule has 1 heterocycles. The highest BCUT2D eigenvalue weighted by molar-refractivity contribution is 5.99. The first kappa shape index (κ1) is 18.2. The predicted molar refractivity (Wildman–Crippen MR) is 108 cm³/mol. The minimum Gasteiger partial charge on any atom is -0.497 e. The van der Waals surface area contributed by atoms with Crippen LogP contribution in [-0.4, -0.2) is 31.8 Å². The molecule has 146 valence electrons. The van der Waals surface area contributed by atoms with Crippen LogP contribution in [0.25, 0.3) is 10.9 Å². The van der Waals surface area contributed by atoms with E-state index in [0.717, 1.165) is 40.8 Å². The van der Waals surface area contributed by atoms with Gasteiger partial charge in [-0.15, -0.1) is 0 Å². The number of carbonyl (C=O) groups excluding carboxylic acids is 1. The Morgan fingerprint density at radius 3 is 2.50 bits per heavy atom. The van der Waals surface area contributed by atoms with Crippen LogP contribution in [0.1, 0.15) is 34.1 Å². The lowest BCUT2D eigenvalue weighted by atomic mass is 10.1. The molecular weight excluding hydrogens is 356 g/mol. The minimum absolute atomic E-state index is 0.0464. The van der Waals surface area contributed by atoms with Crippen molar-refractivity contribution < 1.29 is 19.0 Å². The number of hydrogen-bond acceptors (Lipinski definition) is 4. The molecule has 0 fully saturated rings. The number of carbonyl (C=O) groups is 1. The molecule has 1 aliphatic rings. The Morgan fingerprint density at radius 1 is 1.04 bits per heavy atom. The molecule has 1 aliphatic carbocycles. The number of nitrogens with zero attached hydrogens (tertiary/aromatic N) is 1. The Morgan fingerprint density at radius 2 is 1.79 bits per heavy atom. The normalized spacial score (nSPS) is 15.4. The maximum atomic E-state index is 13.0. The summed E-state index contributed by atoms with van der Waals surface area (Å²) in [4.78, 5) is 13.0. The number of fused-ring (bicyclic) bond motifs is 2. The summed E-state index contributed by atoms with van der Waals surface area (Å²) < 4.78 is 18.0. The van der Waals surface area contributed by atoms with Crippen LogP contribution in [-0.2, 0) is 13.5 Å². The Hall–Kier alpha value is -3.15. The molecule has 0 spiro atoms. The van der Waals surface area contributed by atoms with Gasteiger partial charge in [0.1, 0.15) is 11.4 Å². The second kappa shape index (κ2) is 7.11. The van der Waals surface area contributed by atoms with Crippen LogP contribution in [0, 0.1) is 0 Å². The van der Waals surface area contributed by atoms with Gasteiger partial charge < -0.3 is 24.1 Å². The van der Waals surface area contributed by atoms with Gasteiger partial charge in [0, 0.05) is 18.0 Å². The van der Waals surface area contributed by atoms with E-state index < -0.39 is 0 Å². The van der Waals surface area contributed by atoms with Crippen molar-refractivity contribution >= 4 is 16.8 Å². The molecule has 0 saturated heterocycles. The van der Waals surface area contributed by atoms with Crippen LogP contribution in [0.3, 0.4) is 0 Å². The summed E-state index contributed by atoms with van der Waals surface area (Å²) in [6.45, 7) is 0. The molecule has 2 aromatic carbocycles. The number of ether oxygens (including phenoxy) is 3. The second-order valence-corrected chi connectivity index (χ2v) is 6.98. The van der Waals surface area contributed by atoms with E-state index in [1.807, 2.05) is 48.0 Å². The van der Waals surface area contributed by atoms with Crippen LogP contribution in [0.5, 0.6) is 17.2 Å². The van der Waals surface area contributed by atoms with E-state index in [9.17, 15) is 4.79 Å². The van der Waals surface area contributed by atoms with Crippen molar-refractivity contribution in [2.24, 2.45) is 7.05 Å². The molecule has 28 heavy (non-hydrogen) atoms.